The molecule has 1 aromatic carbocycles. The van der Waals surface area contributed by atoms with Gasteiger partial charge in [0, 0.05) is 50.2 Å². The molecule has 138 valence electrons. The van der Waals surface area contributed by atoms with Gasteiger partial charge in [-0.05, 0) is 38.0 Å². The quantitative estimate of drug-likeness (QED) is 0.862. The van der Waals surface area contributed by atoms with E-state index in [9.17, 15) is 9.59 Å². The van der Waals surface area contributed by atoms with Gasteiger partial charge in [-0.2, -0.15) is 0 Å². The predicted octanol–water partition coefficient (Wildman–Crippen LogP) is 2.52. The molecule has 0 aliphatic carbocycles. The summed E-state index contributed by atoms with van der Waals surface area (Å²) < 4.78 is 0. The highest BCUT2D eigenvalue weighted by atomic mass is 16.2. The molecule has 5 nitrogen and oxygen atoms in total. The van der Waals surface area contributed by atoms with Gasteiger partial charge in [0.25, 0.3) is 5.91 Å². The summed E-state index contributed by atoms with van der Waals surface area (Å²) in [4.78, 5) is 28.7. The summed E-state index contributed by atoms with van der Waals surface area (Å²) in [6, 6.07) is 7.95. The Morgan fingerprint density at radius 1 is 1.12 bits per heavy atom. The Hall–Kier alpha value is -1.88. The second kappa shape index (κ2) is 8.99. The van der Waals surface area contributed by atoms with Gasteiger partial charge in [-0.15, -0.1) is 0 Å². The van der Waals surface area contributed by atoms with Crippen LogP contribution < -0.4 is 5.32 Å². The van der Waals surface area contributed by atoms with Crippen LogP contribution in [0.5, 0.6) is 0 Å². The van der Waals surface area contributed by atoms with Crippen molar-refractivity contribution >= 4 is 11.8 Å². The van der Waals surface area contributed by atoms with Crippen LogP contribution in [0.25, 0.3) is 0 Å². The molecule has 1 atom stereocenters. The lowest BCUT2D eigenvalue weighted by Crippen LogP contribution is -2.49. The SMILES string of the molecule is CCC(C)C(=O)N1CCN(Cc2cccc(C(=O)NC(C)C)c2)CC1. The Kier molecular flexibility index (Phi) is 7.00. The number of rotatable bonds is 6. The molecule has 1 saturated heterocycles. The maximum Gasteiger partial charge on any atom is 0.251 e. The normalized spacial score (nSPS) is 16.8. The van der Waals surface area contributed by atoms with Crippen LogP contribution in [0.1, 0.15) is 50.0 Å². The third kappa shape index (κ3) is 5.56. The summed E-state index contributed by atoms with van der Waals surface area (Å²) in [6.07, 6.45) is 0.893. The zero-order chi connectivity index (χ0) is 18.4. The Morgan fingerprint density at radius 2 is 1.80 bits per heavy atom. The van der Waals surface area contributed by atoms with E-state index in [1.165, 1.54) is 0 Å². The van der Waals surface area contributed by atoms with Crippen molar-refractivity contribution in [3.63, 3.8) is 0 Å². The minimum Gasteiger partial charge on any atom is -0.350 e. The molecule has 5 heteroatoms. The lowest BCUT2D eigenvalue weighted by Gasteiger charge is -2.36. The van der Waals surface area contributed by atoms with Crippen molar-refractivity contribution in [2.75, 3.05) is 26.2 Å². The van der Waals surface area contributed by atoms with Crippen molar-refractivity contribution < 1.29 is 9.59 Å². The zero-order valence-corrected chi connectivity index (χ0v) is 15.9. The second-order valence-corrected chi connectivity index (χ2v) is 7.24. The van der Waals surface area contributed by atoms with E-state index in [-0.39, 0.29) is 23.8 Å². The van der Waals surface area contributed by atoms with E-state index in [1.807, 2.05) is 43.9 Å². The molecule has 0 saturated carbocycles. The molecule has 1 fully saturated rings. The molecular formula is C20H31N3O2. The Balaban J connectivity index is 1.90. The van der Waals surface area contributed by atoms with Crippen LogP contribution in [0.2, 0.25) is 0 Å². The minimum atomic E-state index is -0.0270. The summed E-state index contributed by atoms with van der Waals surface area (Å²) in [5.41, 5.74) is 1.84. The minimum absolute atomic E-state index is 0.0270. The van der Waals surface area contributed by atoms with E-state index < -0.39 is 0 Å². The Bertz CT molecular complexity index is 592. The van der Waals surface area contributed by atoms with Crippen LogP contribution in [0.15, 0.2) is 24.3 Å². The molecule has 0 radical (unpaired) electrons. The van der Waals surface area contributed by atoms with Gasteiger partial charge in [0.2, 0.25) is 5.91 Å². The summed E-state index contributed by atoms with van der Waals surface area (Å²) in [7, 11) is 0. The van der Waals surface area contributed by atoms with Gasteiger partial charge in [-0.3, -0.25) is 14.5 Å². The lowest BCUT2D eigenvalue weighted by atomic mass is 10.1. The molecule has 1 unspecified atom stereocenters. The van der Waals surface area contributed by atoms with Gasteiger partial charge >= 0.3 is 0 Å². The number of nitrogens with one attached hydrogen (secondary N) is 1. The Morgan fingerprint density at radius 3 is 2.40 bits per heavy atom. The third-order valence-electron chi connectivity index (χ3n) is 4.73. The first-order chi connectivity index (χ1) is 11.9. The molecule has 1 aromatic rings. The monoisotopic (exact) mass is 345 g/mol. The van der Waals surface area contributed by atoms with Crippen LogP contribution >= 0.6 is 0 Å². The van der Waals surface area contributed by atoms with Crippen LogP contribution in [0.3, 0.4) is 0 Å². The second-order valence-electron chi connectivity index (χ2n) is 7.24. The molecule has 25 heavy (non-hydrogen) atoms. The number of hydrogen-bond acceptors (Lipinski definition) is 3. The number of carbonyl (C=O) groups is 2. The topological polar surface area (TPSA) is 52.7 Å². The zero-order valence-electron chi connectivity index (χ0n) is 15.9. The molecular weight excluding hydrogens is 314 g/mol. The van der Waals surface area contributed by atoms with E-state index in [0.717, 1.165) is 44.7 Å². The largest absolute Gasteiger partial charge is 0.350 e. The predicted molar refractivity (Wildman–Crippen MR) is 100 cm³/mol. The van der Waals surface area contributed by atoms with Gasteiger partial charge in [-0.25, -0.2) is 0 Å². The summed E-state index contributed by atoms with van der Waals surface area (Å²) in [6.45, 7) is 12.1. The molecule has 1 aliphatic rings. The van der Waals surface area contributed by atoms with Crippen molar-refractivity contribution in [3.05, 3.63) is 35.4 Å². The lowest BCUT2D eigenvalue weighted by molar-refractivity contribution is -0.136. The number of hydrogen-bond donors (Lipinski definition) is 1. The van der Waals surface area contributed by atoms with E-state index in [1.54, 1.807) is 0 Å². The summed E-state index contributed by atoms with van der Waals surface area (Å²) in [5.74, 6) is 0.359. The molecule has 2 rings (SSSR count). The molecule has 1 N–H and O–H groups in total. The average molecular weight is 345 g/mol. The van der Waals surface area contributed by atoms with E-state index in [2.05, 4.69) is 23.2 Å². The summed E-state index contributed by atoms with van der Waals surface area (Å²) >= 11 is 0. The molecule has 0 aromatic heterocycles. The van der Waals surface area contributed by atoms with E-state index in [0.29, 0.717) is 5.56 Å². The van der Waals surface area contributed by atoms with Crippen LogP contribution in [0.4, 0.5) is 0 Å². The van der Waals surface area contributed by atoms with E-state index in [4.69, 9.17) is 0 Å². The smallest absolute Gasteiger partial charge is 0.251 e. The van der Waals surface area contributed by atoms with Crippen LogP contribution in [0, 0.1) is 5.92 Å². The molecule has 1 heterocycles. The number of carbonyl (C=O) groups excluding carboxylic acids is 2. The number of amides is 2. The van der Waals surface area contributed by atoms with Crippen molar-refractivity contribution in [3.8, 4) is 0 Å². The van der Waals surface area contributed by atoms with E-state index >= 15 is 0 Å². The molecule has 0 spiro atoms. The first kappa shape index (κ1) is 19.4. The van der Waals surface area contributed by atoms with Gasteiger partial charge in [-0.1, -0.05) is 26.0 Å². The van der Waals surface area contributed by atoms with Crippen molar-refractivity contribution in [1.82, 2.24) is 15.1 Å². The molecule has 2 amide bonds. The van der Waals surface area contributed by atoms with Gasteiger partial charge in [0.1, 0.15) is 0 Å². The van der Waals surface area contributed by atoms with Crippen molar-refractivity contribution in [2.24, 2.45) is 5.92 Å². The number of nitrogens with zero attached hydrogens (tertiary/aromatic N) is 2. The highest BCUT2D eigenvalue weighted by Crippen LogP contribution is 2.13. The Labute approximate surface area is 151 Å². The van der Waals surface area contributed by atoms with Gasteiger partial charge < -0.3 is 10.2 Å². The molecule has 0 bridgehead atoms. The highest BCUT2D eigenvalue weighted by Gasteiger charge is 2.24. The average Bonchev–Trinajstić information content (AvgIpc) is 2.60. The fourth-order valence-electron chi connectivity index (χ4n) is 3.03. The third-order valence-corrected chi connectivity index (χ3v) is 4.73. The molecule has 1 aliphatic heterocycles. The number of benzene rings is 1. The maximum absolute atomic E-state index is 12.3. The standard InChI is InChI=1S/C20H31N3O2/c1-5-16(4)20(25)23-11-9-22(10-12-23)14-17-7-6-8-18(13-17)19(24)21-15(2)3/h6-8,13,15-16H,5,9-12,14H2,1-4H3,(H,21,24). The van der Waals surface area contributed by atoms with Crippen molar-refractivity contribution in [2.45, 2.75) is 46.7 Å². The van der Waals surface area contributed by atoms with Gasteiger partial charge in [0.15, 0.2) is 0 Å². The van der Waals surface area contributed by atoms with Crippen LogP contribution in [-0.2, 0) is 11.3 Å². The first-order valence-corrected chi connectivity index (χ1v) is 9.31. The fourth-order valence-corrected chi connectivity index (χ4v) is 3.03. The van der Waals surface area contributed by atoms with Gasteiger partial charge in [0.05, 0.1) is 0 Å². The van der Waals surface area contributed by atoms with Crippen molar-refractivity contribution in [1.29, 1.82) is 0 Å². The highest BCUT2D eigenvalue weighted by molar-refractivity contribution is 5.94. The number of piperazine rings is 1. The fraction of sp³-hybridized carbons (Fsp3) is 0.600. The van der Waals surface area contributed by atoms with Crippen LogP contribution in [-0.4, -0.2) is 53.8 Å². The maximum atomic E-state index is 12.3. The summed E-state index contributed by atoms with van der Waals surface area (Å²) in [5, 5.41) is 2.93. The first-order valence-electron chi connectivity index (χ1n) is 9.31.